The minimum absolute atomic E-state index is 0.00289. The first kappa shape index (κ1) is 23.1. The molecular weight excluding hydrogens is 428 g/mol. The van der Waals surface area contributed by atoms with Gasteiger partial charge in [-0.1, -0.05) is 61.7 Å². The van der Waals surface area contributed by atoms with Crippen molar-refractivity contribution in [1.29, 1.82) is 5.41 Å². The molecular formula is C27H30N4OS. The Kier molecular flexibility index (Phi) is 7.47. The van der Waals surface area contributed by atoms with Crippen molar-refractivity contribution < 1.29 is 4.79 Å². The number of nitrogens with two attached hydrogens (primary N) is 2. The zero-order valence-electron chi connectivity index (χ0n) is 18.6. The van der Waals surface area contributed by atoms with Gasteiger partial charge in [0.2, 0.25) is 5.91 Å². The average molecular weight is 459 g/mol. The highest BCUT2D eigenvalue weighted by Crippen LogP contribution is 2.37. The van der Waals surface area contributed by atoms with Crippen molar-refractivity contribution in [3.8, 4) is 0 Å². The number of rotatable bonds is 7. The summed E-state index contributed by atoms with van der Waals surface area (Å²) in [5, 5.41) is 17.5. The minimum atomic E-state index is -0.190. The number of nitrogens with one attached hydrogen (secondary N) is 2. The fourth-order valence-electron chi connectivity index (χ4n) is 4.72. The van der Waals surface area contributed by atoms with Gasteiger partial charge in [0, 0.05) is 27.4 Å². The summed E-state index contributed by atoms with van der Waals surface area (Å²) in [5.41, 5.74) is 10.0. The summed E-state index contributed by atoms with van der Waals surface area (Å²) in [6, 6.07) is 22.9. The molecule has 0 aromatic heterocycles. The summed E-state index contributed by atoms with van der Waals surface area (Å²) in [6.07, 6.45) is 5.72. The summed E-state index contributed by atoms with van der Waals surface area (Å²) in [6.45, 7) is 0. The van der Waals surface area contributed by atoms with Gasteiger partial charge in [-0.25, -0.2) is 0 Å². The fourth-order valence-corrected chi connectivity index (χ4v) is 5.07. The van der Waals surface area contributed by atoms with Crippen molar-refractivity contribution in [3.05, 3.63) is 89.5 Å². The van der Waals surface area contributed by atoms with Crippen LogP contribution in [0.25, 0.3) is 0 Å². The average Bonchev–Trinajstić information content (AvgIpc) is 2.86. The topological polar surface area (TPSA) is 105 Å². The Morgan fingerprint density at radius 2 is 1.73 bits per heavy atom. The van der Waals surface area contributed by atoms with Gasteiger partial charge >= 0.3 is 0 Å². The van der Waals surface area contributed by atoms with Crippen LogP contribution in [0.5, 0.6) is 0 Å². The van der Waals surface area contributed by atoms with Crippen LogP contribution in [-0.2, 0) is 4.79 Å². The van der Waals surface area contributed by atoms with Crippen LogP contribution in [0.3, 0.4) is 0 Å². The second-order valence-corrected chi connectivity index (χ2v) is 9.31. The zero-order valence-corrected chi connectivity index (χ0v) is 19.4. The van der Waals surface area contributed by atoms with E-state index in [2.05, 4.69) is 5.32 Å². The number of anilines is 2. The second-order valence-electron chi connectivity index (χ2n) is 8.60. The van der Waals surface area contributed by atoms with Gasteiger partial charge in [0.1, 0.15) is 0 Å². The maximum Gasteiger partial charge on any atom is 0.232 e. The van der Waals surface area contributed by atoms with Gasteiger partial charge in [-0.05, 0) is 66.6 Å². The van der Waals surface area contributed by atoms with Gasteiger partial charge in [-0.15, -0.1) is 0 Å². The van der Waals surface area contributed by atoms with E-state index in [1.165, 1.54) is 19.3 Å². The third-order valence-corrected chi connectivity index (χ3v) is 6.94. The van der Waals surface area contributed by atoms with E-state index in [0.29, 0.717) is 28.6 Å². The summed E-state index contributed by atoms with van der Waals surface area (Å²) < 4.78 is 0. The van der Waals surface area contributed by atoms with Crippen LogP contribution in [0, 0.1) is 11.3 Å². The molecule has 0 spiro atoms. The first-order valence-electron chi connectivity index (χ1n) is 11.4. The maximum atomic E-state index is 13.5. The molecule has 4 rings (SSSR count). The molecule has 0 heterocycles. The molecule has 170 valence electrons. The van der Waals surface area contributed by atoms with E-state index in [1.54, 1.807) is 18.2 Å². The quantitative estimate of drug-likeness (QED) is 0.199. The van der Waals surface area contributed by atoms with E-state index in [4.69, 9.17) is 16.3 Å². The SMILES string of the molecule is N=C(c1cccc(SN)c1)c1cc(NC(=O)C(c2ccccc2)C2CCCCC2)ccc1N. The third-order valence-electron chi connectivity index (χ3n) is 6.41. The largest absolute Gasteiger partial charge is 0.398 e. The lowest BCUT2D eigenvalue weighted by Gasteiger charge is -2.30. The normalized spacial score (nSPS) is 15.1. The molecule has 3 aromatic carbocycles. The first-order chi connectivity index (χ1) is 16.1. The van der Waals surface area contributed by atoms with Crippen LogP contribution < -0.4 is 16.2 Å². The maximum absolute atomic E-state index is 13.5. The number of amides is 1. The van der Waals surface area contributed by atoms with Gasteiger partial charge in [-0.3, -0.25) is 15.3 Å². The van der Waals surface area contributed by atoms with Gasteiger partial charge in [0.05, 0.1) is 11.6 Å². The van der Waals surface area contributed by atoms with Crippen molar-refractivity contribution in [2.75, 3.05) is 11.1 Å². The van der Waals surface area contributed by atoms with Gasteiger partial charge in [-0.2, -0.15) is 0 Å². The molecule has 0 aliphatic heterocycles. The van der Waals surface area contributed by atoms with Crippen LogP contribution >= 0.6 is 11.9 Å². The van der Waals surface area contributed by atoms with Crippen molar-refractivity contribution in [2.45, 2.75) is 42.9 Å². The van der Waals surface area contributed by atoms with E-state index < -0.39 is 0 Å². The molecule has 1 atom stereocenters. The van der Waals surface area contributed by atoms with Crippen molar-refractivity contribution in [1.82, 2.24) is 0 Å². The molecule has 1 amide bonds. The molecule has 6 N–H and O–H groups in total. The highest BCUT2D eigenvalue weighted by molar-refractivity contribution is 7.97. The van der Waals surface area contributed by atoms with E-state index in [-0.39, 0.29) is 11.8 Å². The molecule has 1 saturated carbocycles. The van der Waals surface area contributed by atoms with E-state index in [0.717, 1.165) is 40.8 Å². The van der Waals surface area contributed by atoms with Crippen LogP contribution in [-0.4, -0.2) is 11.6 Å². The first-order valence-corrected chi connectivity index (χ1v) is 12.3. The summed E-state index contributed by atoms with van der Waals surface area (Å²) >= 11 is 1.14. The number of carbonyl (C=O) groups excluding carboxylic acids is 1. The monoisotopic (exact) mass is 458 g/mol. The highest BCUT2D eigenvalue weighted by atomic mass is 32.2. The molecule has 1 fully saturated rings. The zero-order chi connectivity index (χ0) is 23.2. The Bertz CT molecular complexity index is 1130. The van der Waals surface area contributed by atoms with Crippen LogP contribution in [0.15, 0.2) is 77.7 Å². The predicted molar refractivity (Wildman–Crippen MR) is 138 cm³/mol. The Morgan fingerprint density at radius 1 is 0.970 bits per heavy atom. The molecule has 1 aliphatic carbocycles. The Balaban J connectivity index is 1.60. The molecule has 1 aliphatic rings. The van der Waals surface area contributed by atoms with Crippen molar-refractivity contribution in [2.24, 2.45) is 11.1 Å². The number of carbonyl (C=O) groups is 1. The molecule has 0 bridgehead atoms. The van der Waals surface area contributed by atoms with Gasteiger partial charge in [0.15, 0.2) is 0 Å². The molecule has 33 heavy (non-hydrogen) atoms. The molecule has 3 aromatic rings. The molecule has 6 heteroatoms. The van der Waals surface area contributed by atoms with Crippen LogP contribution in [0.1, 0.15) is 54.7 Å². The van der Waals surface area contributed by atoms with Crippen molar-refractivity contribution in [3.63, 3.8) is 0 Å². The van der Waals surface area contributed by atoms with E-state index in [9.17, 15) is 4.79 Å². The van der Waals surface area contributed by atoms with Gasteiger partial charge < -0.3 is 11.1 Å². The lowest BCUT2D eigenvalue weighted by molar-refractivity contribution is -0.119. The summed E-state index contributed by atoms with van der Waals surface area (Å²) in [7, 11) is 0. The molecule has 5 nitrogen and oxygen atoms in total. The molecule has 0 saturated heterocycles. The number of hydrogen-bond acceptors (Lipinski definition) is 5. The smallest absolute Gasteiger partial charge is 0.232 e. The molecule has 1 unspecified atom stereocenters. The van der Waals surface area contributed by atoms with Crippen LogP contribution in [0.2, 0.25) is 0 Å². The predicted octanol–water partition coefficient (Wildman–Crippen LogP) is 5.95. The Labute approximate surface area is 199 Å². The number of nitrogen functional groups attached to an aromatic ring is 1. The van der Waals surface area contributed by atoms with Gasteiger partial charge in [0.25, 0.3) is 0 Å². The van der Waals surface area contributed by atoms with E-state index >= 15 is 0 Å². The lowest BCUT2D eigenvalue weighted by Crippen LogP contribution is -2.29. The lowest BCUT2D eigenvalue weighted by atomic mass is 9.76. The van der Waals surface area contributed by atoms with Crippen molar-refractivity contribution >= 4 is 34.9 Å². The highest BCUT2D eigenvalue weighted by Gasteiger charge is 2.31. The second kappa shape index (κ2) is 10.7. The summed E-state index contributed by atoms with van der Waals surface area (Å²) in [4.78, 5) is 14.4. The summed E-state index contributed by atoms with van der Waals surface area (Å²) in [5.74, 6) is 0.145. The minimum Gasteiger partial charge on any atom is -0.398 e. The Hall–Kier alpha value is -3.09. The standard InChI is InChI=1S/C27H30N4OS/c28-24-15-14-21(17-23(24)26(29)20-12-7-13-22(16-20)33-30)31-27(32)25(18-8-3-1-4-9-18)19-10-5-2-6-11-19/h1,3-4,7-9,12-17,19,25,29H,2,5-6,10-11,28,30H2,(H,31,32). The van der Waals surface area contributed by atoms with E-state index in [1.807, 2.05) is 54.6 Å². The number of benzene rings is 3. The number of hydrogen-bond donors (Lipinski definition) is 4. The van der Waals surface area contributed by atoms with Crippen LogP contribution in [0.4, 0.5) is 11.4 Å². The fraction of sp³-hybridized carbons (Fsp3) is 0.259. The third kappa shape index (κ3) is 5.46. The Morgan fingerprint density at radius 3 is 2.45 bits per heavy atom. The molecule has 0 radical (unpaired) electrons.